The molecule has 0 saturated carbocycles. The Morgan fingerprint density at radius 1 is 0.935 bits per heavy atom. The Morgan fingerprint density at radius 3 is 2.32 bits per heavy atom. The third-order valence-electron chi connectivity index (χ3n) is 6.50. The van der Waals surface area contributed by atoms with Crippen molar-refractivity contribution in [3.63, 3.8) is 0 Å². The number of aromatic nitrogens is 2. The van der Waals surface area contributed by atoms with Crippen LogP contribution in [0.15, 0.2) is 67.0 Å². The van der Waals surface area contributed by atoms with Crippen LogP contribution in [-0.2, 0) is 24.8 Å². The van der Waals surface area contributed by atoms with Gasteiger partial charge >= 0.3 is 0 Å². The van der Waals surface area contributed by atoms with Crippen LogP contribution in [0, 0.1) is 0 Å². The number of para-hydroxylation sites is 1. The van der Waals surface area contributed by atoms with E-state index in [1.165, 1.54) is 11.3 Å². The van der Waals surface area contributed by atoms with Gasteiger partial charge < -0.3 is 14.4 Å². The minimum absolute atomic E-state index is 0.202. The first-order valence-electron chi connectivity index (χ1n) is 11.1. The highest BCUT2D eigenvalue weighted by atomic mass is 16.2. The zero-order valence-electron chi connectivity index (χ0n) is 18.0. The lowest BCUT2D eigenvalue weighted by Gasteiger charge is -2.41. The number of piperazine rings is 1. The first-order valence-corrected chi connectivity index (χ1v) is 11.1. The molecule has 2 aliphatic heterocycles. The molecule has 6 heteroatoms. The van der Waals surface area contributed by atoms with E-state index in [2.05, 4.69) is 63.3 Å². The molecular weight excluding hydrogens is 386 g/mol. The summed E-state index contributed by atoms with van der Waals surface area (Å²) in [5, 5.41) is 0. The van der Waals surface area contributed by atoms with Crippen molar-refractivity contribution in [1.29, 1.82) is 0 Å². The average Bonchev–Trinajstić information content (AvgIpc) is 3.21. The predicted octanol–water partition coefficient (Wildman–Crippen LogP) is 2.87. The molecule has 0 spiro atoms. The third kappa shape index (κ3) is 3.95. The second-order valence-corrected chi connectivity index (χ2v) is 8.44. The molecule has 2 aromatic carbocycles. The van der Waals surface area contributed by atoms with Gasteiger partial charge in [-0.25, -0.2) is 4.98 Å². The Balaban J connectivity index is 1.36. The fourth-order valence-electron chi connectivity index (χ4n) is 4.84. The van der Waals surface area contributed by atoms with Crippen LogP contribution in [0.4, 0.5) is 5.69 Å². The van der Waals surface area contributed by atoms with Crippen LogP contribution >= 0.6 is 0 Å². The van der Waals surface area contributed by atoms with Gasteiger partial charge in [0, 0.05) is 58.4 Å². The Bertz CT molecular complexity index is 1020. The number of carbonyl (C=O) groups excluding carboxylic acids is 1. The number of aryl methyl sites for hydroxylation is 1. The maximum Gasteiger partial charge on any atom is 0.246 e. The summed E-state index contributed by atoms with van der Waals surface area (Å²) >= 11 is 0. The molecule has 1 aromatic heterocycles. The van der Waals surface area contributed by atoms with E-state index in [-0.39, 0.29) is 11.9 Å². The number of rotatable bonds is 4. The molecule has 0 bridgehead atoms. The van der Waals surface area contributed by atoms with Gasteiger partial charge in [0.05, 0.1) is 17.7 Å². The van der Waals surface area contributed by atoms with Crippen molar-refractivity contribution >= 4 is 11.6 Å². The molecule has 3 heterocycles. The molecule has 1 amide bonds. The van der Waals surface area contributed by atoms with Crippen LogP contribution in [0.5, 0.6) is 0 Å². The standard InChI is InChI=1S/C25H29N5O/c1-27-19-26-22-12-13-30(18-20-8-4-2-5-9-20)24(23(22)27)25(31)29-16-14-28(15-17-29)21-10-6-3-7-11-21/h2-11,19,24H,12-18H2,1H3/t24-/m0/s1. The van der Waals surface area contributed by atoms with Crippen LogP contribution in [0.3, 0.4) is 0 Å². The molecule has 0 N–H and O–H groups in total. The van der Waals surface area contributed by atoms with E-state index in [0.29, 0.717) is 0 Å². The highest BCUT2D eigenvalue weighted by Crippen LogP contribution is 2.32. The number of hydrogen-bond acceptors (Lipinski definition) is 4. The van der Waals surface area contributed by atoms with Gasteiger partial charge in [-0.15, -0.1) is 0 Å². The Labute approximate surface area is 183 Å². The Kier molecular flexibility index (Phi) is 5.47. The van der Waals surface area contributed by atoms with E-state index in [4.69, 9.17) is 0 Å². The zero-order chi connectivity index (χ0) is 21.2. The van der Waals surface area contributed by atoms with Crippen LogP contribution in [0.2, 0.25) is 0 Å². The predicted molar refractivity (Wildman–Crippen MR) is 122 cm³/mol. The Morgan fingerprint density at radius 2 is 1.61 bits per heavy atom. The van der Waals surface area contributed by atoms with Crippen LogP contribution in [-0.4, -0.2) is 58.0 Å². The number of nitrogens with zero attached hydrogens (tertiary/aromatic N) is 5. The molecule has 0 aliphatic carbocycles. The van der Waals surface area contributed by atoms with E-state index in [1.54, 1.807) is 0 Å². The van der Waals surface area contributed by atoms with Crippen LogP contribution < -0.4 is 4.90 Å². The maximum absolute atomic E-state index is 13.8. The van der Waals surface area contributed by atoms with Crippen molar-refractivity contribution in [1.82, 2.24) is 19.4 Å². The SMILES string of the molecule is Cn1cnc2c1[C@@H](C(=O)N1CCN(c3ccccc3)CC1)N(Cc1ccccc1)CC2. The Hall–Kier alpha value is -3.12. The van der Waals surface area contributed by atoms with Crippen molar-refractivity contribution in [3.05, 3.63) is 83.9 Å². The number of imidazole rings is 1. The third-order valence-corrected chi connectivity index (χ3v) is 6.50. The fourth-order valence-corrected chi connectivity index (χ4v) is 4.84. The fraction of sp³-hybridized carbons (Fsp3) is 0.360. The van der Waals surface area contributed by atoms with Crippen molar-refractivity contribution in [2.75, 3.05) is 37.6 Å². The van der Waals surface area contributed by atoms with E-state index in [1.807, 2.05) is 35.0 Å². The highest BCUT2D eigenvalue weighted by molar-refractivity contribution is 5.84. The number of benzene rings is 2. The molecule has 0 unspecified atom stereocenters. The minimum Gasteiger partial charge on any atom is -0.368 e. The largest absolute Gasteiger partial charge is 0.368 e. The molecule has 2 aliphatic rings. The topological polar surface area (TPSA) is 44.6 Å². The number of fused-ring (bicyclic) bond motifs is 1. The summed E-state index contributed by atoms with van der Waals surface area (Å²) in [5.41, 5.74) is 4.58. The molecule has 5 rings (SSSR count). The second-order valence-electron chi connectivity index (χ2n) is 8.44. The van der Waals surface area contributed by atoms with Crippen molar-refractivity contribution in [2.24, 2.45) is 7.05 Å². The lowest BCUT2D eigenvalue weighted by atomic mass is 9.99. The van der Waals surface area contributed by atoms with Gasteiger partial charge in [0.25, 0.3) is 0 Å². The minimum atomic E-state index is -0.278. The number of amides is 1. The van der Waals surface area contributed by atoms with Crippen LogP contribution in [0.25, 0.3) is 0 Å². The van der Waals surface area contributed by atoms with E-state index >= 15 is 0 Å². The molecule has 3 aromatic rings. The summed E-state index contributed by atoms with van der Waals surface area (Å²) in [6.45, 7) is 4.83. The van der Waals surface area contributed by atoms with Gasteiger partial charge in [0.2, 0.25) is 5.91 Å². The van der Waals surface area contributed by atoms with Gasteiger partial charge in [-0.1, -0.05) is 48.5 Å². The van der Waals surface area contributed by atoms with Gasteiger partial charge in [0.15, 0.2) is 0 Å². The van der Waals surface area contributed by atoms with Crippen molar-refractivity contribution in [2.45, 2.75) is 19.0 Å². The summed E-state index contributed by atoms with van der Waals surface area (Å²) in [4.78, 5) is 25.2. The number of anilines is 1. The smallest absolute Gasteiger partial charge is 0.246 e. The number of hydrogen-bond donors (Lipinski definition) is 0. The monoisotopic (exact) mass is 415 g/mol. The lowest BCUT2D eigenvalue weighted by Crippen LogP contribution is -2.53. The summed E-state index contributed by atoms with van der Waals surface area (Å²) < 4.78 is 2.04. The molecule has 1 atom stereocenters. The van der Waals surface area contributed by atoms with Crippen molar-refractivity contribution < 1.29 is 4.79 Å². The van der Waals surface area contributed by atoms with Gasteiger partial charge in [-0.3, -0.25) is 9.69 Å². The molecule has 160 valence electrons. The summed E-state index contributed by atoms with van der Waals surface area (Å²) in [6, 6.07) is 20.6. The molecular formula is C25H29N5O. The summed E-state index contributed by atoms with van der Waals surface area (Å²) in [6.07, 6.45) is 2.73. The van der Waals surface area contributed by atoms with E-state index < -0.39 is 0 Å². The van der Waals surface area contributed by atoms with Gasteiger partial charge in [0.1, 0.15) is 6.04 Å². The second kappa shape index (κ2) is 8.55. The van der Waals surface area contributed by atoms with Crippen molar-refractivity contribution in [3.8, 4) is 0 Å². The average molecular weight is 416 g/mol. The molecule has 1 fully saturated rings. The summed E-state index contributed by atoms with van der Waals surface area (Å²) in [5.74, 6) is 0.202. The first-order chi connectivity index (χ1) is 15.2. The quantitative estimate of drug-likeness (QED) is 0.657. The molecule has 0 radical (unpaired) electrons. The maximum atomic E-state index is 13.8. The van der Waals surface area contributed by atoms with E-state index in [0.717, 1.165) is 57.1 Å². The highest BCUT2D eigenvalue weighted by Gasteiger charge is 2.39. The van der Waals surface area contributed by atoms with Gasteiger partial charge in [-0.05, 0) is 17.7 Å². The van der Waals surface area contributed by atoms with Gasteiger partial charge in [-0.2, -0.15) is 0 Å². The molecule has 31 heavy (non-hydrogen) atoms. The first kappa shape index (κ1) is 19.8. The normalized spacial score (nSPS) is 19.3. The summed E-state index contributed by atoms with van der Waals surface area (Å²) in [7, 11) is 2.01. The van der Waals surface area contributed by atoms with Crippen LogP contribution in [0.1, 0.15) is 23.0 Å². The zero-order valence-corrected chi connectivity index (χ0v) is 18.0. The lowest BCUT2D eigenvalue weighted by molar-refractivity contribution is -0.138. The molecule has 6 nitrogen and oxygen atoms in total. The van der Waals surface area contributed by atoms with E-state index in [9.17, 15) is 4.79 Å². The number of carbonyl (C=O) groups is 1. The molecule has 1 saturated heterocycles.